The second-order valence-electron chi connectivity index (χ2n) is 4.87. The molecule has 5 heteroatoms. The van der Waals surface area contributed by atoms with Crippen LogP contribution in [0, 0.1) is 0 Å². The van der Waals surface area contributed by atoms with E-state index in [4.69, 9.17) is 15.2 Å². The maximum Gasteiger partial charge on any atom is 0.201 e. The molecule has 19 heavy (non-hydrogen) atoms. The summed E-state index contributed by atoms with van der Waals surface area (Å²) < 4.78 is 13.0. The van der Waals surface area contributed by atoms with Crippen LogP contribution in [-0.4, -0.2) is 29.4 Å². The number of hydrogen-bond acceptors (Lipinski definition) is 4. The third-order valence-corrected chi connectivity index (χ3v) is 3.69. The van der Waals surface area contributed by atoms with Crippen molar-refractivity contribution in [1.29, 1.82) is 0 Å². The van der Waals surface area contributed by atoms with Crippen molar-refractivity contribution in [3.8, 4) is 5.75 Å². The minimum Gasteiger partial charge on any atom is -0.494 e. The zero-order valence-electron chi connectivity index (χ0n) is 11.1. The van der Waals surface area contributed by atoms with E-state index in [1.807, 2.05) is 22.8 Å². The Hall–Kier alpha value is -1.75. The molecule has 0 bridgehead atoms. The fourth-order valence-electron chi connectivity index (χ4n) is 2.68. The van der Waals surface area contributed by atoms with E-state index in [1.165, 1.54) is 6.42 Å². The molecule has 3 rings (SSSR count). The molecule has 5 nitrogen and oxygen atoms in total. The van der Waals surface area contributed by atoms with Crippen molar-refractivity contribution < 1.29 is 9.47 Å². The molecule has 0 amide bonds. The first-order chi connectivity index (χ1) is 9.29. The minimum atomic E-state index is 0.363. The highest BCUT2D eigenvalue weighted by Crippen LogP contribution is 2.27. The molecule has 2 heterocycles. The third kappa shape index (κ3) is 2.26. The Morgan fingerprint density at radius 3 is 3.16 bits per heavy atom. The second kappa shape index (κ2) is 5.09. The number of para-hydroxylation sites is 1. The average Bonchev–Trinajstić information content (AvgIpc) is 3.03. The molecular weight excluding hydrogens is 242 g/mol. The topological polar surface area (TPSA) is 62.3 Å². The number of nitrogens with zero attached hydrogens (tertiary/aromatic N) is 2. The predicted molar refractivity (Wildman–Crippen MR) is 74.3 cm³/mol. The first kappa shape index (κ1) is 12.3. The smallest absolute Gasteiger partial charge is 0.201 e. The number of imidazole rings is 1. The van der Waals surface area contributed by atoms with Crippen molar-refractivity contribution in [2.75, 3.05) is 19.5 Å². The highest BCUT2D eigenvalue weighted by atomic mass is 16.5. The summed E-state index contributed by atoms with van der Waals surface area (Å²) in [6.07, 6.45) is 3.66. The molecule has 0 saturated carbocycles. The normalized spacial score (nSPS) is 19.1. The molecule has 1 aliphatic rings. The molecule has 1 fully saturated rings. The van der Waals surface area contributed by atoms with E-state index in [1.54, 1.807) is 7.11 Å². The Morgan fingerprint density at radius 1 is 1.53 bits per heavy atom. The lowest BCUT2D eigenvalue weighted by Crippen LogP contribution is -2.11. The van der Waals surface area contributed by atoms with E-state index in [9.17, 15) is 0 Å². The van der Waals surface area contributed by atoms with E-state index in [0.29, 0.717) is 12.1 Å². The van der Waals surface area contributed by atoms with Gasteiger partial charge in [-0.1, -0.05) is 6.07 Å². The van der Waals surface area contributed by atoms with Crippen LogP contribution in [0.5, 0.6) is 5.75 Å². The van der Waals surface area contributed by atoms with Crippen LogP contribution in [0.3, 0.4) is 0 Å². The van der Waals surface area contributed by atoms with E-state index >= 15 is 0 Å². The number of rotatable bonds is 4. The SMILES string of the molecule is COc1cccc2c1nc(N)n2CCC1CCCO1. The molecule has 2 aromatic rings. The number of methoxy groups -OCH3 is 1. The minimum absolute atomic E-state index is 0.363. The van der Waals surface area contributed by atoms with Gasteiger partial charge in [0.15, 0.2) is 0 Å². The number of benzene rings is 1. The van der Waals surface area contributed by atoms with Gasteiger partial charge in [0.25, 0.3) is 0 Å². The van der Waals surface area contributed by atoms with Crippen LogP contribution in [0.25, 0.3) is 11.0 Å². The number of aryl methyl sites for hydroxylation is 1. The van der Waals surface area contributed by atoms with Gasteiger partial charge in [0, 0.05) is 13.2 Å². The number of nitrogens with two attached hydrogens (primary N) is 1. The number of nitrogen functional groups attached to an aromatic ring is 1. The molecule has 1 aliphatic heterocycles. The Labute approximate surface area is 112 Å². The van der Waals surface area contributed by atoms with Crippen molar-refractivity contribution >= 4 is 17.0 Å². The third-order valence-electron chi connectivity index (χ3n) is 3.69. The zero-order valence-corrected chi connectivity index (χ0v) is 11.1. The number of anilines is 1. The van der Waals surface area contributed by atoms with E-state index in [-0.39, 0.29) is 0 Å². The first-order valence-electron chi connectivity index (χ1n) is 6.70. The second-order valence-corrected chi connectivity index (χ2v) is 4.87. The highest BCUT2D eigenvalue weighted by molar-refractivity contribution is 5.84. The van der Waals surface area contributed by atoms with Crippen LogP contribution in [0.4, 0.5) is 5.95 Å². The summed E-state index contributed by atoms with van der Waals surface area (Å²) in [5, 5.41) is 0. The van der Waals surface area contributed by atoms with Gasteiger partial charge in [-0.05, 0) is 31.4 Å². The van der Waals surface area contributed by atoms with Gasteiger partial charge in [-0.15, -0.1) is 0 Å². The highest BCUT2D eigenvalue weighted by Gasteiger charge is 2.17. The summed E-state index contributed by atoms with van der Waals surface area (Å²) in [5.41, 5.74) is 7.87. The van der Waals surface area contributed by atoms with E-state index in [2.05, 4.69) is 4.98 Å². The van der Waals surface area contributed by atoms with Gasteiger partial charge in [-0.25, -0.2) is 4.98 Å². The summed E-state index contributed by atoms with van der Waals surface area (Å²) in [6, 6.07) is 5.89. The Morgan fingerprint density at radius 2 is 2.42 bits per heavy atom. The van der Waals surface area contributed by atoms with Gasteiger partial charge in [-0.3, -0.25) is 0 Å². The number of aromatic nitrogens is 2. The monoisotopic (exact) mass is 261 g/mol. The van der Waals surface area contributed by atoms with E-state index in [0.717, 1.165) is 42.8 Å². The van der Waals surface area contributed by atoms with Crippen LogP contribution < -0.4 is 10.5 Å². The van der Waals surface area contributed by atoms with Crippen LogP contribution in [0.15, 0.2) is 18.2 Å². The van der Waals surface area contributed by atoms with Gasteiger partial charge < -0.3 is 19.8 Å². The van der Waals surface area contributed by atoms with Gasteiger partial charge in [0.1, 0.15) is 11.3 Å². The maximum atomic E-state index is 6.02. The summed E-state index contributed by atoms with van der Waals surface area (Å²) in [6.45, 7) is 1.72. The molecule has 1 aromatic heterocycles. The van der Waals surface area contributed by atoms with Crippen LogP contribution in [0.1, 0.15) is 19.3 Å². The van der Waals surface area contributed by atoms with Crippen LogP contribution in [0.2, 0.25) is 0 Å². The molecule has 1 saturated heterocycles. The number of ether oxygens (including phenoxy) is 2. The molecule has 1 atom stereocenters. The largest absolute Gasteiger partial charge is 0.494 e. The summed E-state index contributed by atoms with van der Waals surface area (Å²) in [4.78, 5) is 4.40. The zero-order chi connectivity index (χ0) is 13.2. The molecular formula is C14H19N3O2. The first-order valence-corrected chi connectivity index (χ1v) is 6.70. The molecule has 1 aromatic carbocycles. The number of hydrogen-bond donors (Lipinski definition) is 1. The average molecular weight is 261 g/mol. The summed E-state index contributed by atoms with van der Waals surface area (Å²) in [5.74, 6) is 1.30. The lowest BCUT2D eigenvalue weighted by atomic mass is 10.2. The lowest BCUT2D eigenvalue weighted by molar-refractivity contribution is 0.101. The molecule has 2 N–H and O–H groups in total. The van der Waals surface area contributed by atoms with Crippen molar-refractivity contribution in [3.63, 3.8) is 0 Å². The quantitative estimate of drug-likeness (QED) is 0.916. The predicted octanol–water partition coefficient (Wildman–Crippen LogP) is 2.20. The molecule has 0 aliphatic carbocycles. The van der Waals surface area contributed by atoms with Gasteiger partial charge in [0.05, 0.1) is 18.7 Å². The standard InChI is InChI=1S/C14H19N3O2/c1-18-12-6-2-5-11-13(12)16-14(15)17(11)8-7-10-4-3-9-19-10/h2,5-6,10H,3-4,7-9H2,1H3,(H2,15,16). The fraction of sp³-hybridized carbons (Fsp3) is 0.500. The lowest BCUT2D eigenvalue weighted by Gasteiger charge is -2.11. The van der Waals surface area contributed by atoms with E-state index < -0.39 is 0 Å². The number of fused-ring (bicyclic) bond motifs is 1. The van der Waals surface area contributed by atoms with Gasteiger partial charge in [0.2, 0.25) is 5.95 Å². The van der Waals surface area contributed by atoms with Crippen molar-refractivity contribution in [2.24, 2.45) is 0 Å². The summed E-state index contributed by atoms with van der Waals surface area (Å²) in [7, 11) is 1.65. The fourth-order valence-corrected chi connectivity index (χ4v) is 2.68. The van der Waals surface area contributed by atoms with Crippen molar-refractivity contribution in [3.05, 3.63) is 18.2 Å². The van der Waals surface area contributed by atoms with Crippen molar-refractivity contribution in [1.82, 2.24) is 9.55 Å². The molecule has 0 radical (unpaired) electrons. The Balaban J connectivity index is 1.87. The van der Waals surface area contributed by atoms with Crippen molar-refractivity contribution in [2.45, 2.75) is 31.9 Å². The Kier molecular flexibility index (Phi) is 3.29. The van der Waals surface area contributed by atoms with Crippen LogP contribution in [-0.2, 0) is 11.3 Å². The maximum absolute atomic E-state index is 6.02. The molecule has 1 unspecified atom stereocenters. The summed E-state index contributed by atoms with van der Waals surface area (Å²) >= 11 is 0. The van der Waals surface area contributed by atoms with Crippen LogP contribution >= 0.6 is 0 Å². The Bertz CT molecular complexity index is 573. The molecule has 0 spiro atoms. The van der Waals surface area contributed by atoms with Gasteiger partial charge >= 0.3 is 0 Å². The molecule has 102 valence electrons. The van der Waals surface area contributed by atoms with Gasteiger partial charge in [-0.2, -0.15) is 0 Å².